The average Bonchev–Trinajstić information content (AvgIpc) is 3.08. The Balaban J connectivity index is 1.66. The van der Waals surface area contributed by atoms with Crippen molar-refractivity contribution in [1.82, 2.24) is 24.1 Å². The van der Waals surface area contributed by atoms with E-state index in [9.17, 15) is 8.42 Å². The Morgan fingerprint density at radius 3 is 2.68 bits per heavy atom. The summed E-state index contributed by atoms with van der Waals surface area (Å²) >= 11 is 0. The first kappa shape index (κ1) is 15.1. The molecule has 0 N–H and O–H groups in total. The number of aryl methyl sites for hydroxylation is 1. The van der Waals surface area contributed by atoms with Gasteiger partial charge in [0, 0.05) is 32.5 Å². The second-order valence-electron chi connectivity index (χ2n) is 5.71. The Morgan fingerprint density at radius 2 is 2.14 bits per heavy atom. The second kappa shape index (κ2) is 5.77. The fourth-order valence-electron chi connectivity index (χ4n) is 2.78. The van der Waals surface area contributed by atoms with E-state index >= 15 is 0 Å². The Morgan fingerprint density at radius 1 is 1.32 bits per heavy atom. The molecule has 0 spiro atoms. The van der Waals surface area contributed by atoms with Crippen molar-refractivity contribution >= 4 is 10.0 Å². The van der Waals surface area contributed by atoms with Crippen LogP contribution in [0.5, 0.6) is 0 Å². The summed E-state index contributed by atoms with van der Waals surface area (Å²) in [6, 6.07) is 1.89. The van der Waals surface area contributed by atoms with Crippen LogP contribution < -0.4 is 0 Å². The standard InChI is InChI=1S/C14H19N5O2S/c1-18-14(3-5-17-18)13-9-15-12(8-16-13)7-11-4-6-19(10-11)22(2,20)21/h3,5,8-9,11H,4,6-7,10H2,1-2H3. The fourth-order valence-corrected chi connectivity index (χ4v) is 3.70. The normalized spacial score (nSPS) is 19.6. The molecule has 0 aliphatic carbocycles. The molecule has 118 valence electrons. The minimum absolute atomic E-state index is 0.312. The van der Waals surface area contributed by atoms with Crippen molar-refractivity contribution in [3.8, 4) is 11.4 Å². The fraction of sp³-hybridized carbons (Fsp3) is 0.500. The van der Waals surface area contributed by atoms with Crippen LogP contribution in [0.15, 0.2) is 24.7 Å². The number of nitrogens with zero attached hydrogens (tertiary/aromatic N) is 5. The molecular weight excluding hydrogens is 302 g/mol. The van der Waals surface area contributed by atoms with Gasteiger partial charge in [0.15, 0.2) is 0 Å². The minimum atomic E-state index is -3.08. The van der Waals surface area contributed by atoms with E-state index in [1.165, 1.54) is 10.6 Å². The van der Waals surface area contributed by atoms with Gasteiger partial charge in [-0.3, -0.25) is 14.6 Å². The monoisotopic (exact) mass is 321 g/mol. The molecule has 0 saturated carbocycles. The first-order valence-corrected chi connectivity index (χ1v) is 9.03. The van der Waals surface area contributed by atoms with E-state index in [2.05, 4.69) is 15.1 Å². The predicted octanol–water partition coefficient (Wildman–Crippen LogP) is 0.701. The third-order valence-electron chi connectivity index (χ3n) is 4.00. The Hall–Kier alpha value is -1.80. The van der Waals surface area contributed by atoms with Gasteiger partial charge in [-0.1, -0.05) is 0 Å². The van der Waals surface area contributed by atoms with Gasteiger partial charge in [0.25, 0.3) is 0 Å². The van der Waals surface area contributed by atoms with E-state index in [0.717, 1.165) is 29.9 Å². The molecule has 8 heteroatoms. The molecule has 2 aromatic rings. The maximum atomic E-state index is 11.5. The van der Waals surface area contributed by atoms with Gasteiger partial charge < -0.3 is 0 Å². The first-order valence-electron chi connectivity index (χ1n) is 7.18. The molecule has 22 heavy (non-hydrogen) atoms. The zero-order chi connectivity index (χ0) is 15.7. The highest BCUT2D eigenvalue weighted by atomic mass is 32.2. The van der Waals surface area contributed by atoms with E-state index < -0.39 is 10.0 Å². The quantitative estimate of drug-likeness (QED) is 0.828. The molecule has 0 amide bonds. The van der Waals surface area contributed by atoms with Crippen molar-refractivity contribution in [2.24, 2.45) is 13.0 Å². The van der Waals surface area contributed by atoms with Gasteiger partial charge in [0.1, 0.15) is 5.69 Å². The van der Waals surface area contributed by atoms with E-state index in [1.807, 2.05) is 13.1 Å². The summed E-state index contributed by atoms with van der Waals surface area (Å²) in [5.41, 5.74) is 2.60. The molecular formula is C14H19N5O2S. The number of hydrogen-bond acceptors (Lipinski definition) is 5. The van der Waals surface area contributed by atoms with E-state index in [4.69, 9.17) is 0 Å². The van der Waals surface area contributed by atoms with Gasteiger partial charge in [-0.15, -0.1) is 0 Å². The van der Waals surface area contributed by atoms with Gasteiger partial charge in [-0.2, -0.15) is 5.10 Å². The lowest BCUT2D eigenvalue weighted by Gasteiger charge is -2.13. The van der Waals surface area contributed by atoms with Gasteiger partial charge >= 0.3 is 0 Å². The van der Waals surface area contributed by atoms with Crippen LogP contribution in [0, 0.1) is 5.92 Å². The lowest BCUT2D eigenvalue weighted by atomic mass is 10.0. The van der Waals surface area contributed by atoms with E-state index in [-0.39, 0.29) is 0 Å². The van der Waals surface area contributed by atoms with Crippen LogP contribution in [0.2, 0.25) is 0 Å². The predicted molar refractivity (Wildman–Crippen MR) is 82.5 cm³/mol. The van der Waals surface area contributed by atoms with Crippen molar-refractivity contribution in [3.05, 3.63) is 30.4 Å². The van der Waals surface area contributed by atoms with Crippen molar-refractivity contribution in [3.63, 3.8) is 0 Å². The highest BCUT2D eigenvalue weighted by Crippen LogP contribution is 2.22. The zero-order valence-electron chi connectivity index (χ0n) is 12.7. The molecule has 3 rings (SSSR count). The molecule has 0 bridgehead atoms. The molecule has 1 aliphatic rings. The smallest absolute Gasteiger partial charge is 0.211 e. The van der Waals surface area contributed by atoms with Crippen LogP contribution in [0.25, 0.3) is 11.4 Å². The molecule has 1 saturated heterocycles. The van der Waals surface area contributed by atoms with Crippen LogP contribution in [-0.4, -0.2) is 51.8 Å². The minimum Gasteiger partial charge on any atom is -0.266 e. The molecule has 3 heterocycles. The molecule has 1 atom stereocenters. The number of rotatable bonds is 4. The average molecular weight is 321 g/mol. The van der Waals surface area contributed by atoms with Crippen LogP contribution in [0.3, 0.4) is 0 Å². The summed E-state index contributed by atoms with van der Waals surface area (Å²) in [6.45, 7) is 1.17. The topological polar surface area (TPSA) is 81.0 Å². The van der Waals surface area contributed by atoms with Crippen molar-refractivity contribution in [2.75, 3.05) is 19.3 Å². The van der Waals surface area contributed by atoms with Crippen LogP contribution >= 0.6 is 0 Å². The van der Waals surface area contributed by atoms with Crippen LogP contribution in [0.4, 0.5) is 0 Å². The molecule has 2 aromatic heterocycles. The Kier molecular flexibility index (Phi) is 3.96. The van der Waals surface area contributed by atoms with Crippen LogP contribution in [0.1, 0.15) is 12.1 Å². The SMILES string of the molecule is Cn1nccc1-c1cnc(CC2CCN(S(C)(=O)=O)C2)cn1. The van der Waals surface area contributed by atoms with Gasteiger partial charge in [0.2, 0.25) is 10.0 Å². The third-order valence-corrected chi connectivity index (χ3v) is 5.27. The van der Waals surface area contributed by atoms with Gasteiger partial charge in [0.05, 0.1) is 23.8 Å². The maximum absolute atomic E-state index is 11.5. The highest BCUT2D eigenvalue weighted by Gasteiger charge is 2.28. The molecule has 0 radical (unpaired) electrons. The van der Waals surface area contributed by atoms with Gasteiger partial charge in [-0.25, -0.2) is 12.7 Å². The molecule has 7 nitrogen and oxygen atoms in total. The van der Waals surface area contributed by atoms with E-state index in [1.54, 1.807) is 23.3 Å². The third kappa shape index (κ3) is 3.17. The summed E-state index contributed by atoms with van der Waals surface area (Å²) in [5.74, 6) is 0.312. The Bertz CT molecular complexity index is 754. The largest absolute Gasteiger partial charge is 0.266 e. The molecule has 1 aliphatic heterocycles. The lowest BCUT2D eigenvalue weighted by Crippen LogP contribution is -2.27. The number of sulfonamides is 1. The molecule has 1 unspecified atom stereocenters. The van der Waals surface area contributed by atoms with Crippen molar-refractivity contribution in [1.29, 1.82) is 0 Å². The maximum Gasteiger partial charge on any atom is 0.211 e. The summed E-state index contributed by atoms with van der Waals surface area (Å²) in [7, 11) is -1.22. The molecule has 0 aromatic carbocycles. The summed E-state index contributed by atoms with van der Waals surface area (Å²) in [4.78, 5) is 8.89. The number of aromatic nitrogens is 4. The van der Waals surface area contributed by atoms with E-state index in [0.29, 0.717) is 19.0 Å². The van der Waals surface area contributed by atoms with Crippen LogP contribution in [-0.2, 0) is 23.5 Å². The summed E-state index contributed by atoms with van der Waals surface area (Å²) in [5, 5.41) is 4.12. The number of hydrogen-bond donors (Lipinski definition) is 0. The highest BCUT2D eigenvalue weighted by molar-refractivity contribution is 7.88. The summed E-state index contributed by atoms with van der Waals surface area (Å²) in [6.07, 6.45) is 8.13. The summed E-state index contributed by atoms with van der Waals surface area (Å²) < 4.78 is 26.3. The lowest BCUT2D eigenvalue weighted by molar-refractivity contribution is 0.459. The van der Waals surface area contributed by atoms with Gasteiger partial charge in [-0.05, 0) is 24.8 Å². The second-order valence-corrected chi connectivity index (χ2v) is 7.70. The molecule has 1 fully saturated rings. The van der Waals surface area contributed by atoms with Crippen molar-refractivity contribution < 1.29 is 8.42 Å². The van der Waals surface area contributed by atoms with Crippen molar-refractivity contribution in [2.45, 2.75) is 12.8 Å². The zero-order valence-corrected chi connectivity index (χ0v) is 13.5. The first-order chi connectivity index (χ1) is 10.4. The Labute approximate surface area is 130 Å².